The summed E-state index contributed by atoms with van der Waals surface area (Å²) < 4.78 is 18.0. The van der Waals surface area contributed by atoms with E-state index < -0.39 is 11.0 Å². The van der Waals surface area contributed by atoms with Crippen molar-refractivity contribution in [1.29, 1.82) is 0 Å². The zero-order valence-electron chi connectivity index (χ0n) is 16.9. The topological polar surface area (TPSA) is 47.9 Å². The lowest BCUT2D eigenvalue weighted by Crippen LogP contribution is -2.58. The summed E-state index contributed by atoms with van der Waals surface area (Å²) in [5.74, 6) is 0. The normalized spacial score (nSPS) is 31.9. The van der Waals surface area contributed by atoms with Crippen LogP contribution in [-0.4, -0.2) is 36.8 Å². The molecule has 3 rings (SSSR count). The molecule has 4 heteroatoms. The molecule has 0 aromatic heterocycles. The highest BCUT2D eigenvalue weighted by molar-refractivity contribution is 5.30. The van der Waals surface area contributed by atoms with Crippen molar-refractivity contribution in [1.82, 2.24) is 0 Å². The number of rotatable bonds is 5. The van der Waals surface area contributed by atoms with Crippen LogP contribution >= 0.6 is 0 Å². The molecule has 3 atom stereocenters. The molecule has 1 aromatic carbocycles. The van der Waals surface area contributed by atoms with Gasteiger partial charge in [0, 0.05) is 17.4 Å². The Morgan fingerprint density at radius 2 is 2.00 bits per heavy atom. The largest absolute Gasteiger partial charge is 0.385 e. The van der Waals surface area contributed by atoms with Gasteiger partial charge in [-0.05, 0) is 31.7 Å². The molecule has 0 spiro atoms. The molecule has 4 nitrogen and oxygen atoms in total. The van der Waals surface area contributed by atoms with Gasteiger partial charge < -0.3 is 19.3 Å². The molecule has 0 bridgehead atoms. The predicted octanol–water partition coefficient (Wildman–Crippen LogP) is 4.39. The van der Waals surface area contributed by atoms with E-state index in [2.05, 4.69) is 46.8 Å². The van der Waals surface area contributed by atoms with E-state index in [1.165, 1.54) is 5.56 Å². The zero-order chi connectivity index (χ0) is 19.0. The fourth-order valence-corrected chi connectivity index (χ4v) is 4.57. The smallest absolute Gasteiger partial charge is 0.157 e. The summed E-state index contributed by atoms with van der Waals surface area (Å²) in [6.45, 7) is 12.1. The van der Waals surface area contributed by atoms with Gasteiger partial charge >= 0.3 is 0 Å². The molecule has 0 amide bonds. The van der Waals surface area contributed by atoms with Crippen LogP contribution in [-0.2, 0) is 14.2 Å². The van der Waals surface area contributed by atoms with E-state index >= 15 is 0 Å². The van der Waals surface area contributed by atoms with Crippen LogP contribution in [0.3, 0.4) is 0 Å². The van der Waals surface area contributed by atoms with Gasteiger partial charge in [0.1, 0.15) is 11.7 Å². The van der Waals surface area contributed by atoms with E-state index in [0.29, 0.717) is 13.2 Å². The quantitative estimate of drug-likeness (QED) is 0.844. The summed E-state index contributed by atoms with van der Waals surface area (Å²) in [5, 5.41) is 12.0. The van der Waals surface area contributed by atoms with Gasteiger partial charge in [0.25, 0.3) is 0 Å². The summed E-state index contributed by atoms with van der Waals surface area (Å²) in [6.07, 6.45) is 2.63. The Bertz CT molecular complexity index is 618. The summed E-state index contributed by atoms with van der Waals surface area (Å²) in [6, 6.07) is 8.25. The molecule has 2 saturated heterocycles. The monoisotopic (exact) mass is 362 g/mol. The molecule has 0 aliphatic carbocycles. The molecule has 1 aromatic rings. The van der Waals surface area contributed by atoms with Crippen molar-refractivity contribution in [3.63, 3.8) is 0 Å². The lowest BCUT2D eigenvalue weighted by Gasteiger charge is -2.50. The van der Waals surface area contributed by atoms with Crippen molar-refractivity contribution in [2.75, 3.05) is 19.8 Å². The lowest BCUT2D eigenvalue weighted by molar-refractivity contribution is -0.221. The minimum absolute atomic E-state index is 0.158. The molecule has 26 heavy (non-hydrogen) atoms. The van der Waals surface area contributed by atoms with Crippen molar-refractivity contribution in [2.45, 2.75) is 71.9 Å². The zero-order valence-corrected chi connectivity index (χ0v) is 16.9. The van der Waals surface area contributed by atoms with Crippen molar-refractivity contribution < 1.29 is 19.3 Å². The van der Waals surface area contributed by atoms with Crippen molar-refractivity contribution >= 4 is 0 Å². The van der Waals surface area contributed by atoms with Gasteiger partial charge in [-0.3, -0.25) is 0 Å². The first-order valence-electron chi connectivity index (χ1n) is 9.81. The van der Waals surface area contributed by atoms with Crippen LogP contribution in [0, 0.1) is 17.8 Å². The molecule has 2 fully saturated rings. The molecular formula is C22H34O4. The fraction of sp³-hybridized carbons (Fsp3) is 0.727. The maximum absolute atomic E-state index is 12.0. The van der Waals surface area contributed by atoms with Crippen LogP contribution in [0.4, 0.5) is 0 Å². The number of hydrogen-bond donors (Lipinski definition) is 1. The lowest BCUT2D eigenvalue weighted by atomic mass is 9.59. The fourth-order valence-electron chi connectivity index (χ4n) is 4.57. The summed E-state index contributed by atoms with van der Waals surface area (Å²) >= 11 is 0. The van der Waals surface area contributed by atoms with Crippen LogP contribution in [0.1, 0.15) is 64.2 Å². The third kappa shape index (κ3) is 3.45. The maximum atomic E-state index is 12.0. The molecule has 2 aliphatic rings. The van der Waals surface area contributed by atoms with Crippen LogP contribution in [0.15, 0.2) is 24.3 Å². The third-order valence-electron chi connectivity index (χ3n) is 6.17. The van der Waals surface area contributed by atoms with E-state index in [1.807, 2.05) is 12.1 Å². The second kappa shape index (κ2) is 7.23. The second-order valence-corrected chi connectivity index (χ2v) is 9.25. The second-order valence-electron chi connectivity index (χ2n) is 9.25. The van der Waals surface area contributed by atoms with E-state index in [4.69, 9.17) is 14.2 Å². The van der Waals surface area contributed by atoms with Crippen LogP contribution in [0.25, 0.3) is 0 Å². The Morgan fingerprint density at radius 1 is 1.23 bits per heavy atom. The molecule has 0 radical (unpaired) electrons. The van der Waals surface area contributed by atoms with Gasteiger partial charge in [-0.15, -0.1) is 0 Å². The molecule has 2 aliphatic heterocycles. The summed E-state index contributed by atoms with van der Waals surface area (Å²) in [5.41, 5.74) is 0.259. The summed E-state index contributed by atoms with van der Waals surface area (Å²) in [4.78, 5) is 0. The highest BCUT2D eigenvalue weighted by atomic mass is 16.7. The van der Waals surface area contributed by atoms with E-state index in [9.17, 15) is 5.11 Å². The van der Waals surface area contributed by atoms with Gasteiger partial charge in [0.2, 0.25) is 0 Å². The summed E-state index contributed by atoms with van der Waals surface area (Å²) in [7, 11) is 0. The average Bonchev–Trinajstić information content (AvgIpc) is 2.85. The Labute approximate surface area is 157 Å². The first-order valence-corrected chi connectivity index (χ1v) is 9.81. The average molecular weight is 363 g/mol. The number of hydrogen-bond acceptors (Lipinski definition) is 4. The Balaban J connectivity index is 1.85. The number of aryl methyl sites for hydroxylation is 1. The van der Waals surface area contributed by atoms with Gasteiger partial charge in [0.15, 0.2) is 6.29 Å². The highest BCUT2D eigenvalue weighted by Gasteiger charge is 2.63. The van der Waals surface area contributed by atoms with Crippen molar-refractivity contribution in [2.24, 2.45) is 10.8 Å². The Kier molecular flexibility index (Phi) is 5.51. The first kappa shape index (κ1) is 19.8. The third-order valence-corrected chi connectivity index (χ3v) is 6.17. The first-order chi connectivity index (χ1) is 12.2. The van der Waals surface area contributed by atoms with Crippen molar-refractivity contribution in [3.05, 3.63) is 35.4 Å². The Hall–Kier alpha value is -0.940. The van der Waals surface area contributed by atoms with Gasteiger partial charge in [-0.2, -0.15) is 0 Å². The minimum atomic E-state index is -1.05. The van der Waals surface area contributed by atoms with Crippen LogP contribution in [0.2, 0.25) is 0 Å². The SMILES string of the molecule is Cc1cccc(C2OCC(C)(C)C2(O)C(C)(C)COC2CCCCO2)c1. The highest BCUT2D eigenvalue weighted by Crippen LogP contribution is 2.57. The van der Waals surface area contributed by atoms with Gasteiger partial charge in [-0.25, -0.2) is 0 Å². The number of aliphatic hydroxyl groups is 1. The molecule has 2 heterocycles. The molecular weight excluding hydrogens is 328 g/mol. The number of ether oxygens (including phenoxy) is 3. The molecule has 3 unspecified atom stereocenters. The van der Waals surface area contributed by atoms with Crippen LogP contribution in [0.5, 0.6) is 0 Å². The standard InChI is InChI=1S/C22H34O4/c1-16-9-8-10-17(13-16)19-22(23,21(4,5)15-26-19)20(2,3)14-25-18-11-6-7-12-24-18/h8-10,13,18-19,23H,6-7,11-12,14-15H2,1-5H3. The van der Waals surface area contributed by atoms with E-state index in [-0.39, 0.29) is 17.8 Å². The minimum Gasteiger partial charge on any atom is -0.385 e. The van der Waals surface area contributed by atoms with Crippen molar-refractivity contribution in [3.8, 4) is 0 Å². The number of benzene rings is 1. The predicted molar refractivity (Wildman–Crippen MR) is 102 cm³/mol. The Morgan fingerprint density at radius 3 is 2.65 bits per heavy atom. The van der Waals surface area contributed by atoms with E-state index in [0.717, 1.165) is 31.4 Å². The molecule has 0 saturated carbocycles. The maximum Gasteiger partial charge on any atom is 0.157 e. The molecule has 1 N–H and O–H groups in total. The van der Waals surface area contributed by atoms with E-state index in [1.54, 1.807) is 0 Å². The van der Waals surface area contributed by atoms with Gasteiger partial charge in [0.05, 0.1) is 13.2 Å². The van der Waals surface area contributed by atoms with Gasteiger partial charge in [-0.1, -0.05) is 57.5 Å². The molecule has 146 valence electrons. The van der Waals surface area contributed by atoms with Crippen LogP contribution < -0.4 is 0 Å².